The molecule has 8 heteroatoms. The van der Waals surface area contributed by atoms with Crippen molar-refractivity contribution in [3.63, 3.8) is 0 Å². The molecule has 37 heavy (non-hydrogen) atoms. The van der Waals surface area contributed by atoms with Gasteiger partial charge >= 0.3 is 5.97 Å². The second kappa shape index (κ2) is 12.1. The van der Waals surface area contributed by atoms with Crippen LogP contribution in [-0.4, -0.2) is 22.9 Å². The number of benzene rings is 3. The summed E-state index contributed by atoms with van der Waals surface area (Å²) in [5, 5.41) is 15.3. The molecule has 0 bridgehead atoms. The number of carbonyl (C=O) groups excluding carboxylic acids is 2. The molecule has 1 aliphatic rings. The molecule has 3 unspecified atom stereocenters. The fraction of sp³-hybridized carbons (Fsp3) is 0.207. The van der Waals surface area contributed by atoms with Gasteiger partial charge in [0.15, 0.2) is 0 Å². The number of aliphatic carboxylic acids is 1. The Morgan fingerprint density at radius 1 is 0.892 bits per heavy atom. The third kappa shape index (κ3) is 6.61. The first-order valence-corrected chi connectivity index (χ1v) is 13.2. The molecule has 3 atom stereocenters. The van der Waals surface area contributed by atoms with Gasteiger partial charge in [0.2, 0.25) is 11.8 Å². The van der Waals surface area contributed by atoms with Crippen LogP contribution in [0, 0.1) is 18.8 Å². The van der Waals surface area contributed by atoms with E-state index in [-0.39, 0.29) is 11.8 Å². The highest BCUT2D eigenvalue weighted by molar-refractivity contribution is 8.00. The van der Waals surface area contributed by atoms with Crippen LogP contribution in [-0.2, 0) is 14.4 Å². The maximum absolute atomic E-state index is 13.4. The van der Waals surface area contributed by atoms with Crippen molar-refractivity contribution in [1.82, 2.24) is 0 Å². The van der Waals surface area contributed by atoms with Crippen LogP contribution in [0.1, 0.15) is 29.2 Å². The molecule has 0 aliphatic heterocycles. The molecule has 1 aliphatic carbocycles. The number of hydrogen-bond donors (Lipinski definition) is 3. The van der Waals surface area contributed by atoms with Gasteiger partial charge in [-0.15, -0.1) is 11.8 Å². The molecule has 0 aromatic heterocycles. The van der Waals surface area contributed by atoms with E-state index < -0.39 is 23.1 Å². The van der Waals surface area contributed by atoms with E-state index in [1.165, 1.54) is 11.8 Å². The number of hydrogen-bond acceptors (Lipinski definition) is 4. The number of thioether (sulfide) groups is 1. The first kappa shape index (κ1) is 26.5. The van der Waals surface area contributed by atoms with E-state index >= 15 is 0 Å². The van der Waals surface area contributed by atoms with Gasteiger partial charge in [-0.25, -0.2) is 0 Å². The number of halogens is 1. The van der Waals surface area contributed by atoms with E-state index in [0.717, 1.165) is 16.0 Å². The van der Waals surface area contributed by atoms with Crippen LogP contribution in [0.3, 0.4) is 0 Å². The minimum absolute atomic E-state index is 0.177. The zero-order chi connectivity index (χ0) is 26.4. The Labute approximate surface area is 225 Å². The average molecular weight is 535 g/mol. The third-order valence-corrected chi connectivity index (χ3v) is 8.00. The van der Waals surface area contributed by atoms with Gasteiger partial charge < -0.3 is 15.7 Å². The lowest BCUT2D eigenvalue weighted by Crippen LogP contribution is -2.34. The Bertz CT molecular complexity index is 1310. The molecule has 190 valence electrons. The van der Waals surface area contributed by atoms with Gasteiger partial charge in [0.1, 0.15) is 5.25 Å². The minimum atomic E-state index is -0.963. The second-order valence-electron chi connectivity index (χ2n) is 8.82. The zero-order valence-electron chi connectivity index (χ0n) is 20.2. The van der Waals surface area contributed by atoms with Crippen LogP contribution < -0.4 is 10.6 Å². The molecular formula is C29H27ClN2O4S. The van der Waals surface area contributed by atoms with Crippen molar-refractivity contribution in [3.05, 3.63) is 101 Å². The number of allylic oxidation sites excluding steroid dienone is 2. The Balaban J connectivity index is 1.48. The van der Waals surface area contributed by atoms with E-state index in [0.29, 0.717) is 29.2 Å². The highest BCUT2D eigenvalue weighted by Crippen LogP contribution is 2.37. The number of nitrogens with one attached hydrogen (secondary N) is 2. The first-order chi connectivity index (χ1) is 17.8. The zero-order valence-corrected chi connectivity index (χ0v) is 21.8. The lowest BCUT2D eigenvalue weighted by Gasteiger charge is -2.24. The second-order valence-corrected chi connectivity index (χ2v) is 10.4. The molecule has 0 saturated heterocycles. The van der Waals surface area contributed by atoms with Crippen molar-refractivity contribution in [2.75, 3.05) is 10.6 Å². The Morgan fingerprint density at radius 3 is 2.24 bits per heavy atom. The molecule has 3 aromatic rings. The van der Waals surface area contributed by atoms with Crippen LogP contribution >= 0.6 is 23.4 Å². The fourth-order valence-corrected chi connectivity index (χ4v) is 5.41. The summed E-state index contributed by atoms with van der Waals surface area (Å²) >= 11 is 7.62. The van der Waals surface area contributed by atoms with Gasteiger partial charge in [-0.2, -0.15) is 0 Å². The maximum atomic E-state index is 13.4. The number of carboxylic acid groups (broad SMARTS) is 1. The van der Waals surface area contributed by atoms with Crippen LogP contribution in [0.25, 0.3) is 0 Å². The summed E-state index contributed by atoms with van der Waals surface area (Å²) in [4.78, 5) is 38.5. The molecule has 0 radical (unpaired) electrons. The van der Waals surface area contributed by atoms with E-state index in [4.69, 9.17) is 11.6 Å². The SMILES string of the molecule is Cc1c(Cl)cccc1NC(=O)C(Sc1ccc(NC(=O)C2CC=CCC2C(=O)O)cc1)c1ccccc1. The fourth-order valence-electron chi connectivity index (χ4n) is 4.21. The lowest BCUT2D eigenvalue weighted by molar-refractivity contribution is -0.146. The number of carbonyl (C=O) groups is 3. The van der Waals surface area contributed by atoms with Crippen molar-refractivity contribution in [3.8, 4) is 0 Å². The molecule has 0 heterocycles. The summed E-state index contributed by atoms with van der Waals surface area (Å²) in [6, 6.07) is 22.1. The molecule has 0 saturated carbocycles. The van der Waals surface area contributed by atoms with E-state index in [9.17, 15) is 19.5 Å². The topological polar surface area (TPSA) is 95.5 Å². The minimum Gasteiger partial charge on any atom is -0.481 e. The summed E-state index contributed by atoms with van der Waals surface area (Å²) in [5.74, 6) is -2.79. The standard InChI is InChI=1S/C29H27ClN2O4S/c1-18-24(30)12-7-13-25(18)32-28(34)26(19-8-3-2-4-9-19)37-21-16-14-20(15-17-21)31-27(33)22-10-5-6-11-23(22)29(35)36/h2-9,12-17,22-23,26H,10-11H2,1H3,(H,31,33)(H,32,34)(H,35,36). The highest BCUT2D eigenvalue weighted by atomic mass is 35.5. The van der Waals surface area contributed by atoms with Gasteiger partial charge in [0.25, 0.3) is 0 Å². The van der Waals surface area contributed by atoms with Gasteiger partial charge in [0, 0.05) is 21.3 Å². The van der Waals surface area contributed by atoms with Crippen LogP contribution in [0.2, 0.25) is 5.02 Å². The average Bonchev–Trinajstić information content (AvgIpc) is 2.91. The van der Waals surface area contributed by atoms with Crippen molar-refractivity contribution >= 4 is 52.5 Å². The van der Waals surface area contributed by atoms with Gasteiger partial charge in [-0.1, -0.05) is 60.2 Å². The summed E-state index contributed by atoms with van der Waals surface area (Å²) in [7, 11) is 0. The predicted molar refractivity (Wildman–Crippen MR) is 148 cm³/mol. The quantitative estimate of drug-likeness (QED) is 0.220. The number of anilines is 2. The normalized spacial score (nSPS) is 17.6. The third-order valence-electron chi connectivity index (χ3n) is 6.33. The molecule has 3 N–H and O–H groups in total. The van der Waals surface area contributed by atoms with Crippen LogP contribution in [0.4, 0.5) is 11.4 Å². The van der Waals surface area contributed by atoms with Crippen molar-refractivity contribution in [1.29, 1.82) is 0 Å². The van der Waals surface area contributed by atoms with Gasteiger partial charge in [-0.3, -0.25) is 14.4 Å². The number of rotatable bonds is 8. The van der Waals surface area contributed by atoms with E-state index in [1.54, 1.807) is 24.3 Å². The van der Waals surface area contributed by atoms with Crippen molar-refractivity contribution < 1.29 is 19.5 Å². The van der Waals surface area contributed by atoms with Crippen molar-refractivity contribution in [2.24, 2.45) is 11.8 Å². The van der Waals surface area contributed by atoms with Gasteiger partial charge in [0.05, 0.1) is 11.8 Å². The van der Waals surface area contributed by atoms with Crippen molar-refractivity contribution in [2.45, 2.75) is 29.9 Å². The largest absolute Gasteiger partial charge is 0.481 e. The number of carboxylic acids is 1. The lowest BCUT2D eigenvalue weighted by atomic mass is 9.82. The van der Waals surface area contributed by atoms with Crippen LogP contribution in [0.5, 0.6) is 0 Å². The first-order valence-electron chi connectivity index (χ1n) is 11.9. The molecule has 2 amide bonds. The van der Waals surface area contributed by atoms with E-state index in [2.05, 4.69) is 10.6 Å². The maximum Gasteiger partial charge on any atom is 0.307 e. The highest BCUT2D eigenvalue weighted by Gasteiger charge is 2.34. The molecular weight excluding hydrogens is 508 g/mol. The molecule has 6 nitrogen and oxygen atoms in total. The molecule has 0 fully saturated rings. The number of amides is 2. The molecule has 3 aromatic carbocycles. The Kier molecular flexibility index (Phi) is 8.69. The molecule has 0 spiro atoms. The monoisotopic (exact) mass is 534 g/mol. The smallest absolute Gasteiger partial charge is 0.307 e. The van der Waals surface area contributed by atoms with Gasteiger partial charge in [-0.05, 0) is 67.3 Å². The summed E-state index contributed by atoms with van der Waals surface area (Å²) in [5.41, 5.74) is 2.89. The predicted octanol–water partition coefficient (Wildman–Crippen LogP) is 6.73. The summed E-state index contributed by atoms with van der Waals surface area (Å²) in [6.45, 7) is 1.86. The Morgan fingerprint density at radius 2 is 1.57 bits per heavy atom. The summed E-state index contributed by atoms with van der Waals surface area (Å²) < 4.78 is 0. The van der Waals surface area contributed by atoms with Crippen LogP contribution in [0.15, 0.2) is 89.8 Å². The Hall–Kier alpha value is -3.55. The molecule has 4 rings (SSSR count). The summed E-state index contributed by atoms with van der Waals surface area (Å²) in [6.07, 6.45) is 4.40. The van der Waals surface area contributed by atoms with E-state index in [1.807, 2.05) is 67.6 Å².